The van der Waals surface area contributed by atoms with Crippen LogP contribution in [0.2, 0.25) is 5.02 Å². The van der Waals surface area contributed by atoms with Crippen molar-refractivity contribution in [3.05, 3.63) is 22.7 Å². The Morgan fingerprint density at radius 3 is 2.67 bits per heavy atom. The second-order valence-corrected chi connectivity index (χ2v) is 6.01. The van der Waals surface area contributed by atoms with Gasteiger partial charge in [-0.3, -0.25) is 0 Å². The van der Waals surface area contributed by atoms with E-state index in [1.54, 1.807) is 13.2 Å². The Morgan fingerprint density at radius 1 is 1.38 bits per heavy atom. The summed E-state index contributed by atoms with van der Waals surface area (Å²) in [5.41, 5.74) is 0.641. The minimum Gasteiger partial charge on any atom is -0.493 e. The number of hydrogen-bond donors (Lipinski definition) is 1. The number of nitriles is 1. The van der Waals surface area contributed by atoms with Gasteiger partial charge < -0.3 is 14.8 Å². The molecule has 1 aromatic rings. The Balaban J connectivity index is 2.75. The highest BCUT2D eigenvalue weighted by molar-refractivity contribution is 6.30. The highest BCUT2D eigenvalue weighted by Crippen LogP contribution is 2.35. The Morgan fingerprint density at radius 2 is 2.10 bits per heavy atom. The van der Waals surface area contributed by atoms with Crippen molar-refractivity contribution in [2.24, 2.45) is 5.41 Å². The smallest absolute Gasteiger partial charge is 0.165 e. The van der Waals surface area contributed by atoms with Crippen molar-refractivity contribution < 1.29 is 9.47 Å². The van der Waals surface area contributed by atoms with Crippen molar-refractivity contribution in [1.82, 2.24) is 5.32 Å². The second-order valence-electron chi connectivity index (χ2n) is 5.57. The zero-order chi connectivity index (χ0) is 15.9. The van der Waals surface area contributed by atoms with Crippen LogP contribution in [0.5, 0.6) is 11.5 Å². The van der Waals surface area contributed by atoms with Crippen LogP contribution in [-0.2, 0) is 6.54 Å². The van der Waals surface area contributed by atoms with Gasteiger partial charge in [-0.2, -0.15) is 5.26 Å². The molecule has 0 saturated carbocycles. The van der Waals surface area contributed by atoms with Gasteiger partial charge in [-0.25, -0.2) is 0 Å². The number of ether oxygens (including phenoxy) is 2. The van der Waals surface area contributed by atoms with E-state index in [1.807, 2.05) is 27.0 Å². The van der Waals surface area contributed by atoms with E-state index in [9.17, 15) is 0 Å². The van der Waals surface area contributed by atoms with E-state index in [2.05, 4.69) is 11.4 Å². The molecule has 0 fully saturated rings. The third kappa shape index (κ3) is 5.45. The first-order chi connectivity index (χ1) is 9.93. The Labute approximate surface area is 132 Å². The van der Waals surface area contributed by atoms with Crippen LogP contribution in [0, 0.1) is 16.7 Å². The maximum Gasteiger partial charge on any atom is 0.165 e. The summed E-state index contributed by atoms with van der Waals surface area (Å²) in [5, 5.41) is 12.7. The fourth-order valence-electron chi connectivity index (χ4n) is 2.00. The van der Waals surface area contributed by atoms with Gasteiger partial charge in [-0.1, -0.05) is 11.6 Å². The van der Waals surface area contributed by atoms with Gasteiger partial charge in [0.25, 0.3) is 0 Å². The first kappa shape index (κ1) is 17.6. The van der Waals surface area contributed by atoms with Gasteiger partial charge in [0.15, 0.2) is 11.5 Å². The Hall–Kier alpha value is -1.44. The van der Waals surface area contributed by atoms with Crippen molar-refractivity contribution in [2.75, 3.05) is 20.8 Å². The third-order valence-corrected chi connectivity index (χ3v) is 3.40. The molecule has 0 spiro atoms. The van der Waals surface area contributed by atoms with Crippen LogP contribution in [0.3, 0.4) is 0 Å². The third-order valence-electron chi connectivity index (χ3n) is 3.18. The molecule has 0 atom stereocenters. The zero-order valence-corrected chi connectivity index (χ0v) is 13.9. The molecule has 0 aromatic heterocycles. The fourth-order valence-corrected chi connectivity index (χ4v) is 2.23. The molecule has 0 aliphatic carbocycles. The van der Waals surface area contributed by atoms with Crippen LogP contribution in [0.15, 0.2) is 12.1 Å². The highest BCUT2D eigenvalue weighted by atomic mass is 35.5. The summed E-state index contributed by atoms with van der Waals surface area (Å²) in [6.07, 6.45) is 1.60. The Kier molecular flexibility index (Phi) is 6.80. The van der Waals surface area contributed by atoms with Crippen LogP contribution >= 0.6 is 11.6 Å². The summed E-state index contributed by atoms with van der Waals surface area (Å²) in [4.78, 5) is 0. The summed E-state index contributed by atoms with van der Waals surface area (Å²) in [5.74, 6) is 1.35. The SMILES string of the molecule is CNCc1cc(Cl)cc(OC)c1OCCCC(C)(C)C#N. The van der Waals surface area contributed by atoms with Crippen LogP contribution < -0.4 is 14.8 Å². The normalized spacial score (nSPS) is 11.0. The molecule has 116 valence electrons. The number of benzene rings is 1. The molecule has 21 heavy (non-hydrogen) atoms. The van der Waals surface area contributed by atoms with Gasteiger partial charge in [0.2, 0.25) is 0 Å². The molecular weight excluding hydrogens is 288 g/mol. The second kappa shape index (κ2) is 8.11. The molecule has 1 rings (SSSR count). The number of hydrogen-bond acceptors (Lipinski definition) is 4. The van der Waals surface area contributed by atoms with E-state index in [4.69, 9.17) is 26.3 Å². The van der Waals surface area contributed by atoms with E-state index in [1.165, 1.54) is 0 Å². The molecular formula is C16H23ClN2O2. The number of nitrogens with one attached hydrogen (secondary N) is 1. The lowest BCUT2D eigenvalue weighted by Gasteiger charge is -2.18. The van der Waals surface area contributed by atoms with Gasteiger partial charge in [0.05, 0.1) is 25.2 Å². The van der Waals surface area contributed by atoms with Gasteiger partial charge >= 0.3 is 0 Å². The first-order valence-corrected chi connectivity index (χ1v) is 7.36. The molecule has 0 radical (unpaired) electrons. The number of rotatable bonds is 8. The van der Waals surface area contributed by atoms with Crippen molar-refractivity contribution in [3.8, 4) is 17.6 Å². The largest absolute Gasteiger partial charge is 0.493 e. The lowest BCUT2D eigenvalue weighted by Crippen LogP contribution is -2.12. The molecule has 4 nitrogen and oxygen atoms in total. The topological polar surface area (TPSA) is 54.3 Å². The maximum atomic E-state index is 9.00. The predicted octanol–water partition coefficient (Wildman–Crippen LogP) is 3.78. The van der Waals surface area contributed by atoms with Crippen molar-refractivity contribution in [2.45, 2.75) is 33.2 Å². The van der Waals surface area contributed by atoms with Gasteiger partial charge in [0.1, 0.15) is 0 Å². The molecule has 1 aromatic carbocycles. The number of halogens is 1. The van der Waals surface area contributed by atoms with Crippen LogP contribution in [0.1, 0.15) is 32.3 Å². The van der Waals surface area contributed by atoms with Crippen molar-refractivity contribution in [3.63, 3.8) is 0 Å². The monoisotopic (exact) mass is 310 g/mol. The first-order valence-electron chi connectivity index (χ1n) is 6.98. The average molecular weight is 311 g/mol. The molecule has 0 aliphatic heterocycles. The minimum atomic E-state index is -0.318. The van der Waals surface area contributed by atoms with Crippen molar-refractivity contribution >= 4 is 11.6 Å². The highest BCUT2D eigenvalue weighted by Gasteiger charge is 2.17. The lowest BCUT2D eigenvalue weighted by molar-refractivity contribution is 0.267. The van der Waals surface area contributed by atoms with E-state index < -0.39 is 0 Å². The van der Waals surface area contributed by atoms with E-state index in [0.717, 1.165) is 18.4 Å². The molecule has 0 bridgehead atoms. The van der Waals surface area contributed by atoms with Gasteiger partial charge in [0, 0.05) is 23.2 Å². The quantitative estimate of drug-likeness (QED) is 0.742. The summed E-state index contributed by atoms with van der Waals surface area (Å²) in [6.45, 7) is 5.06. The van der Waals surface area contributed by atoms with E-state index >= 15 is 0 Å². The molecule has 0 saturated heterocycles. The van der Waals surface area contributed by atoms with E-state index in [0.29, 0.717) is 29.7 Å². The van der Waals surface area contributed by atoms with E-state index in [-0.39, 0.29) is 5.41 Å². The maximum absolute atomic E-state index is 9.00. The van der Waals surface area contributed by atoms with Gasteiger partial charge in [-0.15, -0.1) is 0 Å². The number of nitrogens with zero attached hydrogens (tertiary/aromatic N) is 1. The minimum absolute atomic E-state index is 0.318. The average Bonchev–Trinajstić information content (AvgIpc) is 2.45. The predicted molar refractivity (Wildman–Crippen MR) is 84.9 cm³/mol. The summed E-state index contributed by atoms with van der Waals surface area (Å²) in [7, 11) is 3.47. The molecule has 0 aliphatic rings. The zero-order valence-electron chi connectivity index (χ0n) is 13.1. The molecule has 1 N–H and O–H groups in total. The fraction of sp³-hybridized carbons (Fsp3) is 0.562. The summed E-state index contributed by atoms with van der Waals surface area (Å²) >= 11 is 6.08. The molecule has 0 unspecified atom stereocenters. The molecule has 5 heteroatoms. The van der Waals surface area contributed by atoms with Crippen LogP contribution in [0.4, 0.5) is 0 Å². The molecule has 0 heterocycles. The standard InChI is InChI=1S/C16H23ClN2O2/c1-16(2,11-18)6-5-7-21-15-12(10-19-3)8-13(17)9-14(15)20-4/h8-9,19H,5-7,10H2,1-4H3. The molecule has 0 amide bonds. The van der Waals surface area contributed by atoms with Crippen LogP contribution in [-0.4, -0.2) is 20.8 Å². The Bertz CT molecular complexity index is 510. The van der Waals surface area contributed by atoms with Crippen LogP contribution in [0.25, 0.3) is 0 Å². The lowest BCUT2D eigenvalue weighted by atomic mass is 9.90. The number of methoxy groups -OCH3 is 1. The summed E-state index contributed by atoms with van der Waals surface area (Å²) in [6, 6.07) is 5.91. The van der Waals surface area contributed by atoms with Crippen molar-refractivity contribution in [1.29, 1.82) is 5.26 Å². The summed E-state index contributed by atoms with van der Waals surface area (Å²) < 4.78 is 11.2. The van der Waals surface area contributed by atoms with Gasteiger partial charge in [-0.05, 0) is 39.8 Å².